The van der Waals surface area contributed by atoms with Crippen LogP contribution >= 0.6 is 23.2 Å². The third-order valence-electron chi connectivity index (χ3n) is 7.10. The lowest BCUT2D eigenvalue weighted by atomic mass is 9.85. The number of allylic oxidation sites excluding steroid dienone is 1. The summed E-state index contributed by atoms with van der Waals surface area (Å²) >= 11 is 12.9. The zero-order chi connectivity index (χ0) is 24.4. The van der Waals surface area contributed by atoms with E-state index >= 15 is 4.39 Å². The minimum Gasteiger partial charge on any atom is -0.297 e. The van der Waals surface area contributed by atoms with Gasteiger partial charge in [-0.25, -0.2) is 4.39 Å². The number of alkyl halides is 2. The largest absolute Gasteiger partial charge is 0.297 e. The van der Waals surface area contributed by atoms with Crippen molar-refractivity contribution >= 4 is 34.3 Å². The summed E-state index contributed by atoms with van der Waals surface area (Å²) in [6.45, 7) is 1.04. The summed E-state index contributed by atoms with van der Waals surface area (Å²) in [5.41, 5.74) is 6.83. The molecule has 0 saturated carbocycles. The van der Waals surface area contributed by atoms with E-state index in [-0.39, 0.29) is 6.67 Å². The van der Waals surface area contributed by atoms with Crippen molar-refractivity contribution in [3.63, 3.8) is 0 Å². The Kier molecular flexibility index (Phi) is 7.29. The molecule has 35 heavy (non-hydrogen) atoms. The van der Waals surface area contributed by atoms with E-state index in [1.165, 1.54) is 22.3 Å². The lowest BCUT2D eigenvalue weighted by Crippen LogP contribution is -2.60. The highest BCUT2D eigenvalue weighted by Crippen LogP contribution is 2.42. The molecule has 0 amide bonds. The molecule has 0 unspecified atom stereocenters. The van der Waals surface area contributed by atoms with Crippen LogP contribution in [0.5, 0.6) is 0 Å². The Morgan fingerprint density at radius 3 is 2.40 bits per heavy atom. The van der Waals surface area contributed by atoms with Gasteiger partial charge in [0.1, 0.15) is 5.67 Å². The van der Waals surface area contributed by atoms with Gasteiger partial charge in [0.15, 0.2) is 0 Å². The molecular formula is C30H29Cl2F2N. The summed E-state index contributed by atoms with van der Waals surface area (Å²) in [6.07, 6.45) is 3.81. The minimum atomic E-state index is -1.23. The van der Waals surface area contributed by atoms with Gasteiger partial charge in [0, 0.05) is 36.1 Å². The van der Waals surface area contributed by atoms with Crippen LogP contribution in [0.3, 0.4) is 0 Å². The number of halogens is 4. The monoisotopic (exact) mass is 511 g/mol. The summed E-state index contributed by atoms with van der Waals surface area (Å²) in [5, 5.41) is 1.28. The molecule has 1 saturated heterocycles. The van der Waals surface area contributed by atoms with Crippen molar-refractivity contribution in [1.29, 1.82) is 0 Å². The van der Waals surface area contributed by atoms with Crippen molar-refractivity contribution in [2.24, 2.45) is 0 Å². The molecule has 0 spiro atoms. The quantitative estimate of drug-likeness (QED) is 0.308. The smallest absolute Gasteiger partial charge is 0.140 e. The maximum Gasteiger partial charge on any atom is 0.140 e. The van der Waals surface area contributed by atoms with Gasteiger partial charge in [-0.3, -0.25) is 9.29 Å². The SMILES string of the molecule is FCCCN1CC(F)(Cc2ccc(C3=C(c4ccc(Cl)cc4Cl)CCCc4ccccc43)cc2)C1. The third kappa shape index (κ3) is 5.33. The molecule has 1 fully saturated rings. The lowest BCUT2D eigenvalue weighted by Gasteiger charge is -2.44. The Morgan fingerprint density at radius 2 is 1.66 bits per heavy atom. The number of nitrogens with zero attached hydrogens (tertiary/aromatic N) is 1. The number of hydrogen-bond acceptors (Lipinski definition) is 1. The van der Waals surface area contributed by atoms with Gasteiger partial charge >= 0.3 is 0 Å². The van der Waals surface area contributed by atoms with Gasteiger partial charge in [-0.05, 0) is 76.8 Å². The van der Waals surface area contributed by atoms with Gasteiger partial charge in [-0.1, -0.05) is 77.8 Å². The van der Waals surface area contributed by atoms with Crippen molar-refractivity contribution in [2.45, 2.75) is 37.8 Å². The first-order chi connectivity index (χ1) is 17.0. The number of benzene rings is 3. The highest BCUT2D eigenvalue weighted by atomic mass is 35.5. The Balaban J connectivity index is 1.48. The van der Waals surface area contributed by atoms with Crippen molar-refractivity contribution in [3.05, 3.63) is 105 Å². The molecule has 0 aromatic heterocycles. The van der Waals surface area contributed by atoms with Gasteiger partial charge in [0.25, 0.3) is 0 Å². The fourth-order valence-electron chi connectivity index (χ4n) is 5.52. The highest BCUT2D eigenvalue weighted by Gasteiger charge is 2.42. The first-order valence-corrected chi connectivity index (χ1v) is 13.0. The summed E-state index contributed by atoms with van der Waals surface area (Å²) in [5.74, 6) is 0. The van der Waals surface area contributed by atoms with E-state index in [1.54, 1.807) is 6.07 Å². The molecule has 1 aliphatic carbocycles. The number of likely N-dealkylation sites (tertiary alicyclic amines) is 1. The average molecular weight is 512 g/mol. The van der Waals surface area contributed by atoms with Crippen LogP contribution in [0.15, 0.2) is 66.7 Å². The number of hydrogen-bond donors (Lipinski definition) is 0. The van der Waals surface area contributed by atoms with Crippen LogP contribution in [-0.2, 0) is 12.8 Å². The summed E-state index contributed by atoms with van der Waals surface area (Å²) in [7, 11) is 0. The van der Waals surface area contributed by atoms with Gasteiger partial charge < -0.3 is 0 Å². The first kappa shape index (κ1) is 24.5. The van der Waals surface area contributed by atoms with E-state index in [9.17, 15) is 4.39 Å². The van der Waals surface area contributed by atoms with Crippen molar-refractivity contribution in [3.8, 4) is 0 Å². The first-order valence-electron chi connectivity index (χ1n) is 12.3. The highest BCUT2D eigenvalue weighted by molar-refractivity contribution is 6.36. The molecule has 0 bridgehead atoms. The van der Waals surface area contributed by atoms with Gasteiger partial charge in [-0.15, -0.1) is 0 Å². The van der Waals surface area contributed by atoms with Crippen LogP contribution < -0.4 is 0 Å². The normalized spacial score (nSPS) is 17.6. The molecule has 0 radical (unpaired) electrons. The van der Waals surface area contributed by atoms with E-state index in [4.69, 9.17) is 23.2 Å². The van der Waals surface area contributed by atoms with E-state index in [1.807, 2.05) is 29.2 Å². The van der Waals surface area contributed by atoms with Crippen molar-refractivity contribution < 1.29 is 8.78 Å². The van der Waals surface area contributed by atoms with Gasteiger partial charge in [0.2, 0.25) is 0 Å². The van der Waals surface area contributed by atoms with Crippen molar-refractivity contribution in [2.75, 3.05) is 26.3 Å². The second kappa shape index (κ2) is 10.4. The fraction of sp³-hybridized carbons (Fsp3) is 0.333. The Morgan fingerprint density at radius 1 is 0.886 bits per heavy atom. The second-order valence-corrected chi connectivity index (χ2v) is 10.6. The van der Waals surface area contributed by atoms with Crippen molar-refractivity contribution in [1.82, 2.24) is 4.90 Å². The molecule has 182 valence electrons. The maximum atomic E-state index is 15.2. The molecule has 5 heteroatoms. The molecular weight excluding hydrogens is 483 g/mol. The zero-order valence-electron chi connectivity index (χ0n) is 19.7. The molecule has 1 aliphatic heterocycles. The fourth-order valence-corrected chi connectivity index (χ4v) is 6.04. The Bertz CT molecular complexity index is 1230. The topological polar surface area (TPSA) is 3.24 Å². The summed E-state index contributed by atoms with van der Waals surface area (Å²) < 4.78 is 27.6. The number of fused-ring (bicyclic) bond motifs is 1. The van der Waals surface area contributed by atoms with Crippen LogP contribution in [0.2, 0.25) is 10.0 Å². The predicted octanol–water partition coefficient (Wildman–Crippen LogP) is 8.21. The van der Waals surface area contributed by atoms with Crippen LogP contribution in [0.1, 0.15) is 47.1 Å². The molecule has 1 heterocycles. The Hall–Kier alpha value is -2.20. The lowest BCUT2D eigenvalue weighted by molar-refractivity contribution is -0.0323. The molecule has 0 N–H and O–H groups in total. The van der Waals surface area contributed by atoms with Crippen LogP contribution in [0.4, 0.5) is 8.78 Å². The van der Waals surface area contributed by atoms with E-state index in [0.717, 1.165) is 36.0 Å². The van der Waals surface area contributed by atoms with Crippen LogP contribution in [-0.4, -0.2) is 36.9 Å². The number of rotatable bonds is 7. The summed E-state index contributed by atoms with van der Waals surface area (Å²) in [4.78, 5) is 1.99. The summed E-state index contributed by atoms with van der Waals surface area (Å²) in [6, 6.07) is 22.6. The molecule has 2 aliphatic rings. The number of aryl methyl sites for hydroxylation is 1. The van der Waals surface area contributed by atoms with E-state index < -0.39 is 5.67 Å². The standard InChI is InChI=1S/C30H29Cl2F2N/c31-24-13-14-26(28(32)17-24)27-8-3-6-22-5-1-2-7-25(22)29(27)23-11-9-21(10-12-23)18-30(34)19-35(20-30)16-4-15-33/h1-2,5,7,9-14,17H,3-4,6,8,15-16,18-20H2. The molecule has 3 aromatic carbocycles. The van der Waals surface area contributed by atoms with E-state index in [0.29, 0.717) is 42.5 Å². The third-order valence-corrected chi connectivity index (χ3v) is 7.65. The second-order valence-electron chi connectivity index (χ2n) is 9.77. The average Bonchev–Trinajstić information content (AvgIpc) is 3.01. The van der Waals surface area contributed by atoms with E-state index in [2.05, 4.69) is 36.4 Å². The zero-order valence-corrected chi connectivity index (χ0v) is 21.2. The molecule has 3 aromatic rings. The predicted molar refractivity (Wildman–Crippen MR) is 143 cm³/mol. The minimum absolute atomic E-state index is 0.348. The Labute approximate surface area is 216 Å². The molecule has 5 rings (SSSR count). The van der Waals surface area contributed by atoms with Gasteiger partial charge in [0.05, 0.1) is 6.67 Å². The van der Waals surface area contributed by atoms with Gasteiger partial charge in [-0.2, -0.15) is 0 Å². The van der Waals surface area contributed by atoms with Crippen LogP contribution in [0.25, 0.3) is 11.1 Å². The molecule has 0 atom stereocenters. The maximum absolute atomic E-state index is 15.2. The van der Waals surface area contributed by atoms with Crippen LogP contribution in [0, 0.1) is 0 Å². The molecule has 1 nitrogen and oxygen atoms in total.